The summed E-state index contributed by atoms with van der Waals surface area (Å²) in [5.41, 5.74) is 0. The fourth-order valence-corrected chi connectivity index (χ4v) is 2.22. The Balaban J connectivity index is 2.07. The number of aliphatic hydroxyl groups is 1. The molecule has 1 aliphatic heterocycles. The molecule has 3 heteroatoms. The average Bonchev–Trinajstić information content (AvgIpc) is 2.18. The molecule has 1 N–H and O–H groups in total. The summed E-state index contributed by atoms with van der Waals surface area (Å²) in [6, 6.07) is 0. The van der Waals surface area contributed by atoms with Crippen LogP contribution >= 0.6 is 11.6 Å². The Morgan fingerprint density at radius 1 is 1.36 bits per heavy atom. The molecule has 0 bridgehead atoms. The zero-order chi connectivity index (χ0) is 10.4. The van der Waals surface area contributed by atoms with Gasteiger partial charge in [-0.25, -0.2) is 0 Å². The molecule has 84 valence electrons. The molecule has 14 heavy (non-hydrogen) atoms. The third-order valence-electron chi connectivity index (χ3n) is 3.05. The molecule has 0 aromatic rings. The molecule has 0 radical (unpaired) electrons. The van der Waals surface area contributed by atoms with Crippen LogP contribution in [0.1, 0.15) is 32.6 Å². The van der Waals surface area contributed by atoms with E-state index in [0.29, 0.717) is 5.92 Å². The molecule has 1 saturated heterocycles. The van der Waals surface area contributed by atoms with Gasteiger partial charge < -0.3 is 10.0 Å². The van der Waals surface area contributed by atoms with E-state index in [0.717, 1.165) is 31.8 Å². The van der Waals surface area contributed by atoms with Crippen molar-refractivity contribution in [3.05, 3.63) is 0 Å². The van der Waals surface area contributed by atoms with Crippen LogP contribution in [0, 0.1) is 5.92 Å². The molecule has 1 fully saturated rings. The molecule has 1 rings (SSSR count). The maximum Gasteiger partial charge on any atom is 0.0590 e. The lowest BCUT2D eigenvalue weighted by molar-refractivity contribution is 0.0345. The zero-order valence-corrected chi connectivity index (χ0v) is 9.84. The third kappa shape index (κ3) is 4.16. The second-order valence-corrected chi connectivity index (χ2v) is 4.76. The van der Waals surface area contributed by atoms with Gasteiger partial charge in [0.15, 0.2) is 0 Å². The molecule has 1 aliphatic rings. The molecule has 2 nitrogen and oxygen atoms in total. The molecule has 1 heterocycles. The number of rotatable bonds is 5. The van der Waals surface area contributed by atoms with Crippen molar-refractivity contribution in [3.8, 4) is 0 Å². The molecule has 0 amide bonds. The fourth-order valence-electron chi connectivity index (χ4n) is 2.03. The van der Waals surface area contributed by atoms with E-state index >= 15 is 0 Å². The van der Waals surface area contributed by atoms with Crippen molar-refractivity contribution < 1.29 is 5.11 Å². The first kappa shape index (κ1) is 12.3. The van der Waals surface area contributed by atoms with Gasteiger partial charge in [-0.2, -0.15) is 0 Å². The summed E-state index contributed by atoms with van der Waals surface area (Å²) in [7, 11) is 0. The summed E-state index contributed by atoms with van der Waals surface area (Å²) in [6.45, 7) is 5.43. The van der Waals surface area contributed by atoms with Crippen LogP contribution < -0.4 is 0 Å². The SMILES string of the molecule is CC1CN(CCCCCCl)CCC1O. The minimum atomic E-state index is -0.0749. The summed E-state index contributed by atoms with van der Waals surface area (Å²) < 4.78 is 0. The van der Waals surface area contributed by atoms with E-state index in [2.05, 4.69) is 11.8 Å². The summed E-state index contributed by atoms with van der Waals surface area (Å²) in [6.07, 6.45) is 4.48. The normalized spacial score (nSPS) is 29.4. The first-order chi connectivity index (χ1) is 6.74. The summed E-state index contributed by atoms with van der Waals surface area (Å²) in [4.78, 5) is 2.46. The van der Waals surface area contributed by atoms with Crippen molar-refractivity contribution in [3.63, 3.8) is 0 Å². The second kappa shape index (κ2) is 6.65. The lowest BCUT2D eigenvalue weighted by atomic mass is 9.96. The number of piperidine rings is 1. The summed E-state index contributed by atoms with van der Waals surface area (Å²) >= 11 is 5.62. The van der Waals surface area contributed by atoms with Gasteiger partial charge in [0.1, 0.15) is 0 Å². The van der Waals surface area contributed by atoms with Gasteiger partial charge in [0, 0.05) is 19.0 Å². The van der Waals surface area contributed by atoms with E-state index in [4.69, 9.17) is 11.6 Å². The molecular formula is C11H22ClNO. The number of hydrogen-bond acceptors (Lipinski definition) is 2. The number of unbranched alkanes of at least 4 members (excludes halogenated alkanes) is 2. The minimum Gasteiger partial charge on any atom is -0.393 e. The van der Waals surface area contributed by atoms with Gasteiger partial charge in [0.2, 0.25) is 0 Å². The minimum absolute atomic E-state index is 0.0749. The number of likely N-dealkylation sites (tertiary alicyclic amines) is 1. The molecule has 0 saturated carbocycles. The second-order valence-electron chi connectivity index (χ2n) is 4.38. The molecule has 0 aliphatic carbocycles. The number of nitrogens with zero attached hydrogens (tertiary/aromatic N) is 1. The Morgan fingerprint density at radius 2 is 2.14 bits per heavy atom. The smallest absolute Gasteiger partial charge is 0.0590 e. The van der Waals surface area contributed by atoms with Gasteiger partial charge in [-0.15, -0.1) is 11.6 Å². The fraction of sp³-hybridized carbons (Fsp3) is 1.00. The Morgan fingerprint density at radius 3 is 2.79 bits per heavy atom. The molecule has 2 atom stereocenters. The predicted octanol–water partition coefficient (Wildman–Crippen LogP) is 2.10. The van der Waals surface area contributed by atoms with Crippen LogP contribution in [-0.2, 0) is 0 Å². The molecule has 2 unspecified atom stereocenters. The van der Waals surface area contributed by atoms with E-state index in [9.17, 15) is 5.11 Å². The highest BCUT2D eigenvalue weighted by Gasteiger charge is 2.23. The topological polar surface area (TPSA) is 23.5 Å². The zero-order valence-electron chi connectivity index (χ0n) is 9.08. The Hall–Kier alpha value is 0.210. The van der Waals surface area contributed by atoms with Crippen LogP contribution in [0.4, 0.5) is 0 Å². The number of hydrogen-bond donors (Lipinski definition) is 1. The lowest BCUT2D eigenvalue weighted by Crippen LogP contribution is -2.42. The largest absolute Gasteiger partial charge is 0.393 e. The van der Waals surface area contributed by atoms with Gasteiger partial charge in [-0.05, 0) is 31.7 Å². The van der Waals surface area contributed by atoms with Gasteiger partial charge in [-0.1, -0.05) is 13.3 Å². The van der Waals surface area contributed by atoms with Crippen LogP contribution in [-0.4, -0.2) is 41.6 Å². The highest BCUT2D eigenvalue weighted by molar-refractivity contribution is 6.17. The summed E-state index contributed by atoms with van der Waals surface area (Å²) in [5, 5.41) is 9.56. The van der Waals surface area contributed by atoms with E-state index < -0.39 is 0 Å². The third-order valence-corrected chi connectivity index (χ3v) is 3.32. The standard InChI is InChI=1S/C11H22ClNO/c1-10-9-13(8-5-11(10)14)7-4-2-3-6-12/h10-11,14H,2-9H2,1H3. The van der Waals surface area contributed by atoms with Crippen LogP contribution in [0.25, 0.3) is 0 Å². The highest BCUT2D eigenvalue weighted by atomic mass is 35.5. The Kier molecular flexibility index (Phi) is 5.83. The van der Waals surface area contributed by atoms with Crippen molar-refractivity contribution in [1.29, 1.82) is 0 Å². The van der Waals surface area contributed by atoms with Crippen LogP contribution in [0.2, 0.25) is 0 Å². The van der Waals surface area contributed by atoms with Gasteiger partial charge in [-0.3, -0.25) is 0 Å². The number of alkyl halides is 1. The van der Waals surface area contributed by atoms with Crippen molar-refractivity contribution in [2.45, 2.75) is 38.7 Å². The van der Waals surface area contributed by atoms with Crippen LogP contribution in [0.3, 0.4) is 0 Å². The van der Waals surface area contributed by atoms with Gasteiger partial charge in [0.05, 0.1) is 6.10 Å². The molecule has 0 aromatic carbocycles. The molecular weight excluding hydrogens is 198 g/mol. The van der Waals surface area contributed by atoms with E-state index in [1.807, 2.05) is 0 Å². The van der Waals surface area contributed by atoms with Crippen LogP contribution in [0.15, 0.2) is 0 Å². The average molecular weight is 220 g/mol. The van der Waals surface area contributed by atoms with Crippen molar-refractivity contribution in [1.82, 2.24) is 4.90 Å². The first-order valence-corrected chi connectivity index (χ1v) is 6.24. The predicted molar refractivity (Wildman–Crippen MR) is 60.8 cm³/mol. The number of halogens is 1. The first-order valence-electron chi connectivity index (χ1n) is 5.70. The maximum atomic E-state index is 9.56. The Labute approximate surface area is 92.2 Å². The quantitative estimate of drug-likeness (QED) is 0.566. The lowest BCUT2D eigenvalue weighted by Gasteiger charge is -2.34. The van der Waals surface area contributed by atoms with Crippen molar-refractivity contribution >= 4 is 11.6 Å². The number of aliphatic hydroxyl groups excluding tert-OH is 1. The summed E-state index contributed by atoms with van der Waals surface area (Å²) in [5.74, 6) is 1.23. The monoisotopic (exact) mass is 219 g/mol. The van der Waals surface area contributed by atoms with Crippen molar-refractivity contribution in [2.75, 3.05) is 25.5 Å². The molecule has 0 spiro atoms. The van der Waals surface area contributed by atoms with E-state index in [1.165, 1.54) is 19.4 Å². The van der Waals surface area contributed by atoms with Gasteiger partial charge in [0.25, 0.3) is 0 Å². The van der Waals surface area contributed by atoms with Crippen LogP contribution in [0.5, 0.6) is 0 Å². The highest BCUT2D eigenvalue weighted by Crippen LogP contribution is 2.16. The Bertz CT molecular complexity index is 154. The molecule has 0 aromatic heterocycles. The maximum absolute atomic E-state index is 9.56. The van der Waals surface area contributed by atoms with Crippen molar-refractivity contribution in [2.24, 2.45) is 5.92 Å². The van der Waals surface area contributed by atoms with Gasteiger partial charge >= 0.3 is 0 Å². The van der Waals surface area contributed by atoms with E-state index in [-0.39, 0.29) is 6.10 Å². The van der Waals surface area contributed by atoms with E-state index in [1.54, 1.807) is 0 Å².